The number of amides is 1. The molecule has 1 atom stereocenters. The maximum Gasteiger partial charge on any atom is 0.258 e. The molecular formula is C16H14Br2FNO2. The molecule has 2 rings (SSSR count). The van der Waals surface area contributed by atoms with Crippen molar-refractivity contribution in [3.05, 3.63) is 62.8 Å². The average molecular weight is 431 g/mol. The Balaban J connectivity index is 1.88. The van der Waals surface area contributed by atoms with Crippen molar-refractivity contribution in [1.82, 2.24) is 5.32 Å². The van der Waals surface area contributed by atoms with Crippen molar-refractivity contribution in [2.75, 3.05) is 6.61 Å². The van der Waals surface area contributed by atoms with Crippen LogP contribution in [0.2, 0.25) is 0 Å². The number of carbonyl (C=O) groups is 1. The molecule has 0 aromatic heterocycles. The zero-order chi connectivity index (χ0) is 16.1. The lowest BCUT2D eigenvalue weighted by molar-refractivity contribution is -0.123. The van der Waals surface area contributed by atoms with E-state index in [1.54, 1.807) is 6.07 Å². The first-order valence-electron chi connectivity index (χ1n) is 6.58. The average Bonchev–Trinajstić information content (AvgIpc) is 2.47. The molecule has 2 aromatic carbocycles. The number of benzene rings is 2. The van der Waals surface area contributed by atoms with E-state index in [4.69, 9.17) is 4.74 Å². The van der Waals surface area contributed by atoms with E-state index >= 15 is 0 Å². The van der Waals surface area contributed by atoms with Crippen LogP contribution in [0.25, 0.3) is 0 Å². The second-order valence-electron chi connectivity index (χ2n) is 4.70. The highest BCUT2D eigenvalue weighted by Gasteiger charge is 2.11. The molecule has 0 aliphatic carbocycles. The van der Waals surface area contributed by atoms with Crippen LogP contribution >= 0.6 is 31.9 Å². The topological polar surface area (TPSA) is 38.3 Å². The largest absolute Gasteiger partial charge is 0.481 e. The monoisotopic (exact) mass is 429 g/mol. The first kappa shape index (κ1) is 17.0. The van der Waals surface area contributed by atoms with Crippen molar-refractivity contribution < 1.29 is 13.9 Å². The molecule has 0 saturated heterocycles. The van der Waals surface area contributed by atoms with Gasteiger partial charge in [0.05, 0.1) is 6.04 Å². The van der Waals surface area contributed by atoms with Gasteiger partial charge in [-0.1, -0.05) is 44.0 Å². The van der Waals surface area contributed by atoms with Crippen molar-refractivity contribution in [3.8, 4) is 5.75 Å². The second kappa shape index (κ2) is 7.74. The lowest BCUT2D eigenvalue weighted by atomic mass is 10.1. The minimum atomic E-state index is -0.511. The van der Waals surface area contributed by atoms with Gasteiger partial charge in [0.15, 0.2) is 18.2 Å². The Morgan fingerprint density at radius 1 is 1.18 bits per heavy atom. The first-order valence-corrected chi connectivity index (χ1v) is 8.17. The Labute approximate surface area is 145 Å². The van der Waals surface area contributed by atoms with Gasteiger partial charge in [0.1, 0.15) is 0 Å². The predicted molar refractivity (Wildman–Crippen MR) is 90.3 cm³/mol. The number of carbonyl (C=O) groups excluding carboxylic acids is 1. The van der Waals surface area contributed by atoms with Gasteiger partial charge in [-0.15, -0.1) is 0 Å². The molecule has 0 radical (unpaired) electrons. The molecule has 22 heavy (non-hydrogen) atoms. The summed E-state index contributed by atoms with van der Waals surface area (Å²) in [5.74, 6) is -0.768. The Hall–Kier alpha value is -1.40. The number of hydrogen-bond acceptors (Lipinski definition) is 2. The van der Waals surface area contributed by atoms with Crippen LogP contribution in [0.4, 0.5) is 4.39 Å². The maximum atomic E-state index is 13.6. The molecule has 6 heteroatoms. The fourth-order valence-corrected chi connectivity index (χ4v) is 2.45. The SMILES string of the molecule is CC(NC(=O)COc1ccc(Br)cc1F)c1ccc(Br)cc1. The minimum absolute atomic E-state index is 0.0506. The van der Waals surface area contributed by atoms with E-state index in [2.05, 4.69) is 37.2 Å². The van der Waals surface area contributed by atoms with Crippen molar-refractivity contribution in [1.29, 1.82) is 0 Å². The van der Waals surface area contributed by atoms with Crippen LogP contribution in [0, 0.1) is 5.82 Å². The van der Waals surface area contributed by atoms with E-state index in [-0.39, 0.29) is 24.3 Å². The molecule has 0 spiro atoms. The summed E-state index contributed by atoms with van der Waals surface area (Å²) in [7, 11) is 0. The molecule has 2 aromatic rings. The van der Waals surface area contributed by atoms with Crippen LogP contribution in [0.1, 0.15) is 18.5 Å². The molecule has 0 aliphatic rings. The fourth-order valence-electron chi connectivity index (χ4n) is 1.85. The van der Waals surface area contributed by atoms with E-state index in [0.717, 1.165) is 10.0 Å². The van der Waals surface area contributed by atoms with Crippen molar-refractivity contribution in [2.24, 2.45) is 0 Å². The number of halogens is 3. The lowest BCUT2D eigenvalue weighted by Crippen LogP contribution is -2.31. The molecule has 0 saturated carbocycles. The number of rotatable bonds is 5. The molecular weight excluding hydrogens is 417 g/mol. The number of hydrogen-bond donors (Lipinski definition) is 1. The summed E-state index contributed by atoms with van der Waals surface area (Å²) in [6.45, 7) is 1.64. The third-order valence-corrected chi connectivity index (χ3v) is 4.02. The van der Waals surface area contributed by atoms with E-state index in [9.17, 15) is 9.18 Å². The summed E-state index contributed by atoms with van der Waals surface area (Å²) < 4.78 is 20.4. The Morgan fingerprint density at radius 3 is 2.45 bits per heavy atom. The third-order valence-electron chi connectivity index (χ3n) is 3.00. The fraction of sp³-hybridized carbons (Fsp3) is 0.188. The van der Waals surface area contributed by atoms with E-state index < -0.39 is 5.82 Å². The Bertz CT molecular complexity index is 662. The van der Waals surface area contributed by atoms with Gasteiger partial charge in [0.25, 0.3) is 5.91 Å². The normalized spacial score (nSPS) is 11.8. The molecule has 0 bridgehead atoms. The summed E-state index contributed by atoms with van der Waals surface area (Å²) in [6.07, 6.45) is 0. The minimum Gasteiger partial charge on any atom is -0.481 e. The maximum absolute atomic E-state index is 13.6. The van der Waals surface area contributed by atoms with E-state index in [1.165, 1.54) is 12.1 Å². The van der Waals surface area contributed by atoms with Crippen molar-refractivity contribution >= 4 is 37.8 Å². The van der Waals surface area contributed by atoms with Gasteiger partial charge in [0.2, 0.25) is 0 Å². The molecule has 1 N–H and O–H groups in total. The summed E-state index contributed by atoms with van der Waals surface area (Å²) in [5.41, 5.74) is 0.978. The highest BCUT2D eigenvalue weighted by atomic mass is 79.9. The van der Waals surface area contributed by atoms with Crippen molar-refractivity contribution in [2.45, 2.75) is 13.0 Å². The third kappa shape index (κ3) is 4.81. The van der Waals surface area contributed by atoms with Gasteiger partial charge >= 0.3 is 0 Å². The Kier molecular flexibility index (Phi) is 5.97. The number of ether oxygens (including phenoxy) is 1. The van der Waals surface area contributed by atoms with Gasteiger partial charge in [-0.2, -0.15) is 0 Å². The molecule has 1 amide bonds. The lowest BCUT2D eigenvalue weighted by Gasteiger charge is -2.15. The smallest absolute Gasteiger partial charge is 0.258 e. The highest BCUT2D eigenvalue weighted by Crippen LogP contribution is 2.21. The van der Waals surface area contributed by atoms with Crippen LogP contribution in [0.3, 0.4) is 0 Å². The summed E-state index contributed by atoms with van der Waals surface area (Å²) in [4.78, 5) is 11.9. The highest BCUT2D eigenvalue weighted by molar-refractivity contribution is 9.10. The standard InChI is InChI=1S/C16H14Br2FNO2/c1-10(11-2-4-12(17)5-3-11)20-16(21)9-22-15-7-6-13(18)8-14(15)19/h2-8,10H,9H2,1H3,(H,20,21). The van der Waals surface area contributed by atoms with E-state index in [0.29, 0.717) is 4.47 Å². The summed E-state index contributed by atoms with van der Waals surface area (Å²) >= 11 is 6.52. The summed E-state index contributed by atoms with van der Waals surface area (Å²) in [5, 5.41) is 2.81. The molecule has 1 unspecified atom stereocenters. The van der Waals surface area contributed by atoms with E-state index in [1.807, 2.05) is 31.2 Å². The van der Waals surface area contributed by atoms with Crippen LogP contribution in [0.15, 0.2) is 51.4 Å². The zero-order valence-corrected chi connectivity index (χ0v) is 14.9. The van der Waals surface area contributed by atoms with Crippen molar-refractivity contribution in [3.63, 3.8) is 0 Å². The zero-order valence-electron chi connectivity index (χ0n) is 11.8. The van der Waals surface area contributed by atoms with Gasteiger partial charge in [0, 0.05) is 8.95 Å². The van der Waals surface area contributed by atoms with Crippen LogP contribution in [0.5, 0.6) is 5.75 Å². The molecule has 0 heterocycles. The van der Waals surface area contributed by atoms with Gasteiger partial charge in [-0.25, -0.2) is 4.39 Å². The number of nitrogens with one attached hydrogen (secondary N) is 1. The molecule has 3 nitrogen and oxygen atoms in total. The first-order chi connectivity index (χ1) is 10.5. The molecule has 0 aliphatic heterocycles. The van der Waals surface area contributed by atoms with Gasteiger partial charge in [-0.3, -0.25) is 4.79 Å². The quantitative estimate of drug-likeness (QED) is 0.752. The second-order valence-corrected chi connectivity index (χ2v) is 6.54. The molecule has 0 fully saturated rings. The van der Waals surface area contributed by atoms with Crippen LogP contribution in [-0.4, -0.2) is 12.5 Å². The van der Waals surface area contributed by atoms with Gasteiger partial charge < -0.3 is 10.1 Å². The summed E-state index contributed by atoms with van der Waals surface area (Å²) in [6, 6.07) is 11.9. The Morgan fingerprint density at radius 2 is 1.82 bits per heavy atom. The van der Waals surface area contributed by atoms with Gasteiger partial charge in [-0.05, 0) is 42.8 Å². The van der Waals surface area contributed by atoms with Crippen LogP contribution < -0.4 is 10.1 Å². The molecule has 116 valence electrons. The predicted octanol–water partition coefficient (Wildman–Crippen LogP) is 4.61. The van der Waals surface area contributed by atoms with Crippen LogP contribution in [-0.2, 0) is 4.79 Å².